The maximum Gasteiger partial charge on any atom is 0.419 e. The van der Waals surface area contributed by atoms with E-state index in [1.807, 2.05) is 0 Å². The van der Waals surface area contributed by atoms with E-state index in [-0.39, 0.29) is 18.5 Å². The Hall–Kier alpha value is -1.83. The molecule has 1 unspecified atom stereocenters. The van der Waals surface area contributed by atoms with Gasteiger partial charge in [0.15, 0.2) is 0 Å². The zero-order valence-electron chi connectivity index (χ0n) is 9.67. The highest BCUT2D eigenvalue weighted by Gasteiger charge is 2.34. The van der Waals surface area contributed by atoms with E-state index < -0.39 is 29.7 Å². The van der Waals surface area contributed by atoms with Crippen LogP contribution in [0, 0.1) is 5.82 Å². The van der Waals surface area contributed by atoms with Crippen molar-refractivity contribution < 1.29 is 27.5 Å². The Morgan fingerprint density at radius 3 is 2.53 bits per heavy atom. The second-order valence-electron chi connectivity index (χ2n) is 3.86. The SMILES string of the molecule is NC(CCNC(=O)O)c1ccc(C(F)(F)F)c(F)c1. The van der Waals surface area contributed by atoms with Gasteiger partial charge in [-0.25, -0.2) is 9.18 Å². The van der Waals surface area contributed by atoms with Gasteiger partial charge in [-0.05, 0) is 24.1 Å². The van der Waals surface area contributed by atoms with Gasteiger partial charge >= 0.3 is 12.3 Å². The van der Waals surface area contributed by atoms with Gasteiger partial charge in [0.25, 0.3) is 0 Å². The monoisotopic (exact) mass is 280 g/mol. The number of hydrogen-bond donors (Lipinski definition) is 3. The Morgan fingerprint density at radius 2 is 2.05 bits per heavy atom. The smallest absolute Gasteiger partial charge is 0.419 e. The van der Waals surface area contributed by atoms with E-state index >= 15 is 0 Å². The minimum Gasteiger partial charge on any atom is -0.465 e. The van der Waals surface area contributed by atoms with E-state index in [0.29, 0.717) is 12.1 Å². The predicted molar refractivity (Wildman–Crippen MR) is 59.0 cm³/mol. The van der Waals surface area contributed by atoms with Crippen LogP contribution in [0.3, 0.4) is 0 Å². The fourth-order valence-electron chi connectivity index (χ4n) is 1.49. The first-order valence-corrected chi connectivity index (χ1v) is 5.31. The predicted octanol–water partition coefficient (Wildman–Crippen LogP) is 2.50. The molecule has 1 atom stereocenters. The van der Waals surface area contributed by atoms with E-state index in [0.717, 1.165) is 6.07 Å². The molecule has 0 saturated heterocycles. The van der Waals surface area contributed by atoms with Gasteiger partial charge in [0.05, 0.1) is 5.56 Å². The van der Waals surface area contributed by atoms with Crippen LogP contribution in [0.2, 0.25) is 0 Å². The van der Waals surface area contributed by atoms with Crippen LogP contribution in [0.5, 0.6) is 0 Å². The number of hydrogen-bond acceptors (Lipinski definition) is 2. The molecule has 0 spiro atoms. The van der Waals surface area contributed by atoms with Gasteiger partial charge in [0.1, 0.15) is 5.82 Å². The van der Waals surface area contributed by atoms with Crippen LogP contribution >= 0.6 is 0 Å². The van der Waals surface area contributed by atoms with Crippen LogP contribution in [0.4, 0.5) is 22.4 Å². The molecule has 1 aromatic rings. The Labute approximate surface area is 106 Å². The molecule has 0 saturated carbocycles. The largest absolute Gasteiger partial charge is 0.465 e. The molecule has 4 nitrogen and oxygen atoms in total. The summed E-state index contributed by atoms with van der Waals surface area (Å²) >= 11 is 0. The highest BCUT2D eigenvalue weighted by atomic mass is 19.4. The second kappa shape index (κ2) is 5.87. The summed E-state index contributed by atoms with van der Waals surface area (Å²) < 4.78 is 50.3. The van der Waals surface area contributed by atoms with E-state index in [9.17, 15) is 22.4 Å². The molecule has 0 heterocycles. The van der Waals surface area contributed by atoms with E-state index in [1.165, 1.54) is 0 Å². The first-order chi connectivity index (χ1) is 8.71. The average molecular weight is 280 g/mol. The van der Waals surface area contributed by atoms with Crippen molar-refractivity contribution in [1.82, 2.24) is 5.32 Å². The lowest BCUT2D eigenvalue weighted by Crippen LogP contribution is -2.25. The van der Waals surface area contributed by atoms with E-state index in [4.69, 9.17) is 10.8 Å². The number of benzene rings is 1. The number of nitrogens with one attached hydrogen (secondary N) is 1. The van der Waals surface area contributed by atoms with Crippen LogP contribution in [0.15, 0.2) is 18.2 Å². The van der Waals surface area contributed by atoms with Gasteiger partial charge in [-0.3, -0.25) is 0 Å². The molecule has 1 aromatic carbocycles. The summed E-state index contributed by atoms with van der Waals surface area (Å²) in [6.45, 7) is 0.0269. The van der Waals surface area contributed by atoms with Crippen molar-refractivity contribution >= 4 is 6.09 Å². The van der Waals surface area contributed by atoms with Crippen LogP contribution in [-0.2, 0) is 6.18 Å². The van der Waals surface area contributed by atoms with Gasteiger partial charge in [0.2, 0.25) is 0 Å². The Bertz CT molecular complexity index is 462. The maximum absolute atomic E-state index is 13.3. The number of nitrogens with two attached hydrogens (primary N) is 1. The van der Waals surface area contributed by atoms with Crippen LogP contribution in [0.1, 0.15) is 23.6 Å². The lowest BCUT2D eigenvalue weighted by Gasteiger charge is -2.14. The molecule has 8 heteroatoms. The summed E-state index contributed by atoms with van der Waals surface area (Å²) in [5.41, 5.74) is 4.45. The van der Waals surface area contributed by atoms with Crippen molar-refractivity contribution in [3.05, 3.63) is 35.1 Å². The fraction of sp³-hybridized carbons (Fsp3) is 0.364. The van der Waals surface area contributed by atoms with Gasteiger partial charge in [-0.1, -0.05) is 6.07 Å². The van der Waals surface area contributed by atoms with E-state index in [1.54, 1.807) is 0 Å². The van der Waals surface area contributed by atoms with Gasteiger partial charge in [-0.2, -0.15) is 13.2 Å². The Kier molecular flexibility index (Phi) is 4.71. The number of halogens is 4. The fourth-order valence-corrected chi connectivity index (χ4v) is 1.49. The maximum atomic E-state index is 13.3. The average Bonchev–Trinajstić information content (AvgIpc) is 2.26. The quantitative estimate of drug-likeness (QED) is 0.742. The van der Waals surface area contributed by atoms with Crippen molar-refractivity contribution in [2.75, 3.05) is 6.54 Å². The van der Waals surface area contributed by atoms with Crippen molar-refractivity contribution in [3.63, 3.8) is 0 Å². The Balaban J connectivity index is 2.75. The summed E-state index contributed by atoms with van der Waals surface area (Å²) in [6, 6.07) is 1.67. The second-order valence-corrected chi connectivity index (χ2v) is 3.86. The molecule has 0 bridgehead atoms. The summed E-state index contributed by atoms with van der Waals surface area (Å²) in [5, 5.41) is 10.4. The number of alkyl halides is 3. The molecule has 0 aliphatic rings. The van der Waals surface area contributed by atoms with Crippen molar-refractivity contribution in [2.45, 2.75) is 18.6 Å². The zero-order valence-corrected chi connectivity index (χ0v) is 9.67. The molecule has 0 aliphatic heterocycles. The highest BCUT2D eigenvalue weighted by molar-refractivity contribution is 5.64. The van der Waals surface area contributed by atoms with Gasteiger partial charge in [0, 0.05) is 12.6 Å². The van der Waals surface area contributed by atoms with Gasteiger partial charge in [-0.15, -0.1) is 0 Å². The highest BCUT2D eigenvalue weighted by Crippen LogP contribution is 2.32. The van der Waals surface area contributed by atoms with Crippen molar-refractivity contribution in [2.24, 2.45) is 5.73 Å². The summed E-state index contributed by atoms with van der Waals surface area (Å²) in [4.78, 5) is 10.2. The zero-order chi connectivity index (χ0) is 14.6. The molecule has 0 fully saturated rings. The van der Waals surface area contributed by atoms with Gasteiger partial charge < -0.3 is 16.2 Å². The topological polar surface area (TPSA) is 75.3 Å². The molecule has 19 heavy (non-hydrogen) atoms. The molecule has 106 valence electrons. The van der Waals surface area contributed by atoms with Crippen LogP contribution in [-0.4, -0.2) is 17.7 Å². The summed E-state index contributed by atoms with van der Waals surface area (Å²) in [6.07, 6.45) is -5.83. The standard InChI is InChI=1S/C11H12F4N2O2/c12-8-5-6(1-2-7(8)11(13,14)15)9(16)3-4-17-10(18)19/h1-2,5,9,17H,3-4,16H2,(H,18,19). The van der Waals surface area contributed by atoms with Crippen LogP contribution < -0.4 is 11.1 Å². The molecular weight excluding hydrogens is 268 g/mol. The third-order valence-corrected chi connectivity index (χ3v) is 2.46. The molecule has 4 N–H and O–H groups in total. The molecule has 0 aromatic heterocycles. The normalized spacial score (nSPS) is 13.1. The lowest BCUT2D eigenvalue weighted by atomic mass is 10.0. The van der Waals surface area contributed by atoms with E-state index in [2.05, 4.69) is 5.32 Å². The molecule has 1 rings (SSSR count). The number of carbonyl (C=O) groups is 1. The number of amides is 1. The van der Waals surface area contributed by atoms with Crippen molar-refractivity contribution in [3.8, 4) is 0 Å². The summed E-state index contributed by atoms with van der Waals surface area (Å²) in [5.74, 6) is -1.40. The first kappa shape index (κ1) is 15.2. The van der Waals surface area contributed by atoms with Crippen LogP contribution in [0.25, 0.3) is 0 Å². The minimum atomic E-state index is -4.75. The number of rotatable bonds is 4. The first-order valence-electron chi connectivity index (χ1n) is 5.31. The molecule has 1 amide bonds. The third-order valence-electron chi connectivity index (χ3n) is 2.46. The third kappa shape index (κ3) is 4.40. The molecular formula is C11H12F4N2O2. The minimum absolute atomic E-state index is 0.0269. The summed E-state index contributed by atoms with van der Waals surface area (Å²) in [7, 11) is 0. The van der Waals surface area contributed by atoms with Crippen molar-refractivity contribution in [1.29, 1.82) is 0 Å². The Morgan fingerprint density at radius 1 is 1.42 bits per heavy atom. The molecule has 0 aliphatic carbocycles. The molecule has 0 radical (unpaired) electrons. The number of carboxylic acid groups (broad SMARTS) is 1. The lowest BCUT2D eigenvalue weighted by molar-refractivity contribution is -0.140.